The van der Waals surface area contributed by atoms with Gasteiger partial charge in [-0.3, -0.25) is 0 Å². The zero-order chi connectivity index (χ0) is 18.3. The number of aryl methyl sites for hydroxylation is 1. The van der Waals surface area contributed by atoms with E-state index in [0.29, 0.717) is 28.2 Å². The predicted molar refractivity (Wildman–Crippen MR) is 99.7 cm³/mol. The molecule has 4 rings (SSSR count). The molecule has 0 saturated heterocycles. The number of fused-ring (bicyclic) bond motifs is 1. The molecule has 26 heavy (non-hydrogen) atoms. The Morgan fingerprint density at radius 1 is 1.27 bits per heavy atom. The monoisotopic (exact) mass is 371 g/mol. The SMILES string of the molecule is Cc1cc(OCC(=O)O)cc(Cl)c1Oc1ccc2[nH]cc(C3CC3)c2c1. The molecule has 0 aliphatic heterocycles. The summed E-state index contributed by atoms with van der Waals surface area (Å²) in [6.45, 7) is 1.43. The normalized spacial score (nSPS) is 13.8. The Kier molecular flexibility index (Phi) is 4.24. The van der Waals surface area contributed by atoms with Crippen LogP contribution in [0, 0.1) is 6.92 Å². The second-order valence-corrected chi connectivity index (χ2v) is 6.97. The highest BCUT2D eigenvalue weighted by Gasteiger charge is 2.26. The van der Waals surface area contributed by atoms with Crippen LogP contribution in [0.25, 0.3) is 10.9 Å². The molecule has 5 nitrogen and oxygen atoms in total. The summed E-state index contributed by atoms with van der Waals surface area (Å²) in [6.07, 6.45) is 4.56. The van der Waals surface area contributed by atoms with E-state index in [4.69, 9.17) is 26.2 Å². The molecule has 0 bridgehead atoms. The second-order valence-electron chi connectivity index (χ2n) is 6.56. The van der Waals surface area contributed by atoms with Crippen LogP contribution in [0.5, 0.6) is 17.2 Å². The van der Waals surface area contributed by atoms with Crippen molar-refractivity contribution in [1.82, 2.24) is 4.98 Å². The predicted octanol–water partition coefficient (Wildman–Crippen LogP) is 5.26. The number of rotatable bonds is 6. The van der Waals surface area contributed by atoms with Crippen LogP contribution in [0.2, 0.25) is 5.02 Å². The summed E-state index contributed by atoms with van der Waals surface area (Å²) in [5, 5.41) is 10.3. The van der Waals surface area contributed by atoms with Crippen LogP contribution in [-0.4, -0.2) is 22.7 Å². The summed E-state index contributed by atoms with van der Waals surface area (Å²) in [6, 6.07) is 9.22. The number of ether oxygens (including phenoxy) is 2. The van der Waals surface area contributed by atoms with Gasteiger partial charge in [0.05, 0.1) is 5.02 Å². The van der Waals surface area contributed by atoms with E-state index in [1.807, 2.05) is 25.1 Å². The molecular formula is C20H18ClNO4. The van der Waals surface area contributed by atoms with Crippen LogP contribution < -0.4 is 9.47 Å². The molecule has 1 aliphatic rings. The first-order chi connectivity index (χ1) is 12.5. The van der Waals surface area contributed by atoms with Gasteiger partial charge in [-0.2, -0.15) is 0 Å². The quantitative estimate of drug-likeness (QED) is 0.619. The third kappa shape index (κ3) is 3.35. The first kappa shape index (κ1) is 16.8. The molecule has 0 unspecified atom stereocenters. The van der Waals surface area contributed by atoms with Gasteiger partial charge in [-0.1, -0.05) is 11.6 Å². The van der Waals surface area contributed by atoms with Gasteiger partial charge >= 0.3 is 5.97 Å². The maximum atomic E-state index is 10.6. The van der Waals surface area contributed by atoms with Gasteiger partial charge in [0.25, 0.3) is 0 Å². The van der Waals surface area contributed by atoms with Crippen LogP contribution in [0.15, 0.2) is 36.5 Å². The van der Waals surface area contributed by atoms with Gasteiger partial charge in [-0.05, 0) is 61.1 Å². The number of aromatic amines is 1. The Bertz CT molecular complexity index is 968. The van der Waals surface area contributed by atoms with E-state index >= 15 is 0 Å². The van der Waals surface area contributed by atoms with E-state index in [1.165, 1.54) is 23.8 Å². The number of hydrogen-bond donors (Lipinski definition) is 2. The van der Waals surface area contributed by atoms with Crippen molar-refractivity contribution in [1.29, 1.82) is 0 Å². The summed E-state index contributed by atoms with van der Waals surface area (Å²) in [4.78, 5) is 13.9. The topological polar surface area (TPSA) is 71.6 Å². The number of H-pyrrole nitrogens is 1. The van der Waals surface area contributed by atoms with E-state index in [1.54, 1.807) is 12.1 Å². The van der Waals surface area contributed by atoms with Crippen LogP contribution in [0.4, 0.5) is 0 Å². The average Bonchev–Trinajstić information content (AvgIpc) is 3.36. The lowest BCUT2D eigenvalue weighted by atomic mass is 10.1. The molecule has 1 heterocycles. The number of carboxylic acid groups (broad SMARTS) is 1. The van der Waals surface area contributed by atoms with E-state index in [2.05, 4.69) is 11.2 Å². The summed E-state index contributed by atoms with van der Waals surface area (Å²) in [7, 11) is 0. The molecule has 1 fully saturated rings. The number of halogens is 1. The lowest BCUT2D eigenvalue weighted by molar-refractivity contribution is -0.139. The highest BCUT2D eigenvalue weighted by molar-refractivity contribution is 6.32. The van der Waals surface area contributed by atoms with Crippen molar-refractivity contribution >= 4 is 28.5 Å². The van der Waals surface area contributed by atoms with Crippen LogP contribution >= 0.6 is 11.6 Å². The van der Waals surface area contributed by atoms with Crippen molar-refractivity contribution < 1.29 is 19.4 Å². The molecular weight excluding hydrogens is 354 g/mol. The third-order valence-corrected chi connectivity index (χ3v) is 4.77. The van der Waals surface area contributed by atoms with Crippen molar-refractivity contribution in [2.45, 2.75) is 25.7 Å². The summed E-state index contributed by atoms with van der Waals surface area (Å²) in [5.41, 5.74) is 3.21. The van der Waals surface area contributed by atoms with Gasteiger partial charge in [-0.25, -0.2) is 4.79 Å². The number of benzene rings is 2. The number of carbonyl (C=O) groups is 1. The minimum absolute atomic E-state index is 0.377. The average molecular weight is 372 g/mol. The van der Waals surface area contributed by atoms with Crippen LogP contribution in [0.3, 0.4) is 0 Å². The van der Waals surface area contributed by atoms with Crippen LogP contribution in [-0.2, 0) is 4.79 Å². The lowest BCUT2D eigenvalue weighted by Gasteiger charge is -2.13. The fourth-order valence-corrected chi connectivity index (χ4v) is 3.39. The van der Waals surface area contributed by atoms with Crippen LogP contribution in [0.1, 0.15) is 29.9 Å². The highest BCUT2D eigenvalue weighted by atomic mass is 35.5. The molecule has 6 heteroatoms. The number of aromatic nitrogens is 1. The minimum atomic E-state index is -1.04. The van der Waals surface area contributed by atoms with E-state index in [0.717, 1.165) is 11.1 Å². The summed E-state index contributed by atoms with van der Waals surface area (Å²) < 4.78 is 11.2. The lowest BCUT2D eigenvalue weighted by Crippen LogP contribution is -2.09. The fourth-order valence-electron chi connectivity index (χ4n) is 3.09. The van der Waals surface area contributed by atoms with E-state index in [-0.39, 0.29) is 0 Å². The van der Waals surface area contributed by atoms with Crippen molar-refractivity contribution in [3.63, 3.8) is 0 Å². The molecule has 134 valence electrons. The number of carboxylic acids is 1. The largest absolute Gasteiger partial charge is 0.482 e. The Morgan fingerprint density at radius 2 is 2.08 bits per heavy atom. The van der Waals surface area contributed by atoms with E-state index < -0.39 is 12.6 Å². The molecule has 0 radical (unpaired) electrons. The summed E-state index contributed by atoms with van der Waals surface area (Å²) in [5.74, 6) is 1.26. The Morgan fingerprint density at radius 3 is 2.77 bits per heavy atom. The molecule has 1 aliphatic carbocycles. The van der Waals surface area contributed by atoms with Crippen molar-refractivity contribution in [2.75, 3.05) is 6.61 Å². The molecule has 2 N–H and O–H groups in total. The highest BCUT2D eigenvalue weighted by Crippen LogP contribution is 2.44. The van der Waals surface area contributed by atoms with Gasteiger partial charge in [0.15, 0.2) is 6.61 Å². The van der Waals surface area contributed by atoms with Gasteiger partial charge < -0.3 is 19.6 Å². The molecule has 0 atom stereocenters. The zero-order valence-electron chi connectivity index (χ0n) is 14.2. The Balaban J connectivity index is 1.61. The smallest absolute Gasteiger partial charge is 0.341 e. The van der Waals surface area contributed by atoms with Crippen molar-refractivity contribution in [2.24, 2.45) is 0 Å². The standard InChI is InChI=1S/C20H18ClNO4/c1-11-6-14(25-10-19(23)24)8-17(21)20(11)26-13-4-5-18-15(7-13)16(9-22-18)12-2-3-12/h4-9,12,22H,2-3,10H2,1H3,(H,23,24). The second kappa shape index (κ2) is 6.57. The van der Waals surface area contributed by atoms with Crippen molar-refractivity contribution in [3.8, 4) is 17.2 Å². The van der Waals surface area contributed by atoms with Gasteiger partial charge in [0.2, 0.25) is 0 Å². The Labute approximate surface area is 155 Å². The molecule has 2 aromatic carbocycles. The number of hydrogen-bond acceptors (Lipinski definition) is 3. The fraction of sp³-hybridized carbons (Fsp3) is 0.250. The van der Waals surface area contributed by atoms with Crippen molar-refractivity contribution in [3.05, 3.63) is 52.7 Å². The maximum absolute atomic E-state index is 10.6. The van der Waals surface area contributed by atoms with E-state index in [9.17, 15) is 4.79 Å². The van der Waals surface area contributed by atoms with Gasteiger partial charge in [0.1, 0.15) is 17.2 Å². The number of nitrogens with one attached hydrogen (secondary N) is 1. The van der Waals surface area contributed by atoms with Gasteiger partial charge in [0, 0.05) is 23.2 Å². The Hall–Kier alpha value is -2.66. The molecule has 0 spiro atoms. The maximum Gasteiger partial charge on any atom is 0.341 e. The van der Waals surface area contributed by atoms with Gasteiger partial charge in [-0.15, -0.1) is 0 Å². The molecule has 1 aromatic heterocycles. The molecule has 1 saturated carbocycles. The first-order valence-corrected chi connectivity index (χ1v) is 8.82. The summed E-state index contributed by atoms with van der Waals surface area (Å²) >= 11 is 6.33. The molecule has 0 amide bonds. The molecule has 3 aromatic rings. The zero-order valence-corrected chi connectivity index (χ0v) is 15.0. The first-order valence-electron chi connectivity index (χ1n) is 8.45. The number of aliphatic carboxylic acids is 1. The third-order valence-electron chi connectivity index (χ3n) is 4.49. The minimum Gasteiger partial charge on any atom is -0.482 e.